The highest BCUT2D eigenvalue weighted by molar-refractivity contribution is 8.00. The smallest absolute Gasteiger partial charge is 0.293 e. The fraction of sp³-hybridized carbons (Fsp3) is 0.0270. The number of nitrogens with one attached hydrogen (secondary N) is 2. The minimum Gasteiger partial charge on any atom is -0.350 e. The third-order valence-electron chi connectivity index (χ3n) is 8.52. The van der Waals surface area contributed by atoms with E-state index in [-0.39, 0.29) is 34.1 Å². The Morgan fingerprint density at radius 2 is 0.839 bits per heavy atom. The highest BCUT2D eigenvalue weighted by Crippen LogP contribution is 2.41. The number of benzene rings is 6. The van der Waals surface area contributed by atoms with Gasteiger partial charge in [-0.3, -0.25) is 40.5 Å². The molecule has 56 heavy (non-hydrogen) atoms. The molecule has 0 aliphatic carbocycles. The van der Waals surface area contributed by atoms with Crippen molar-refractivity contribution in [2.24, 2.45) is 0 Å². The second kappa shape index (κ2) is 15.1. The summed E-state index contributed by atoms with van der Waals surface area (Å²) in [6.07, 6.45) is 0.172. The fourth-order valence-electron chi connectivity index (χ4n) is 5.82. The first kappa shape index (κ1) is 37.5. The minimum absolute atomic E-state index is 0.0392. The number of sulfone groups is 1. The predicted octanol–water partition coefficient (Wildman–Crippen LogP) is 9.85. The van der Waals surface area contributed by atoms with Gasteiger partial charge in [0.2, 0.25) is 9.84 Å². The summed E-state index contributed by atoms with van der Waals surface area (Å²) in [7, 11) is -4.47. The van der Waals surface area contributed by atoms with E-state index in [9.17, 15) is 48.9 Å². The molecule has 19 heteroatoms. The Bertz CT molecular complexity index is 2530. The molecule has 0 radical (unpaired) electrons. The Hall–Kier alpha value is -6.83. The van der Waals surface area contributed by atoms with Gasteiger partial charge in [-0.15, -0.1) is 0 Å². The van der Waals surface area contributed by atoms with Gasteiger partial charge in [0.25, 0.3) is 22.7 Å². The van der Waals surface area contributed by atoms with E-state index < -0.39 is 50.7 Å². The highest BCUT2D eigenvalue weighted by atomic mass is 32.2. The van der Waals surface area contributed by atoms with Crippen LogP contribution in [0.4, 0.5) is 45.5 Å². The summed E-state index contributed by atoms with van der Waals surface area (Å²) in [6, 6.07) is 28.9. The van der Waals surface area contributed by atoms with Gasteiger partial charge in [0.1, 0.15) is 11.4 Å². The molecule has 6 aromatic rings. The van der Waals surface area contributed by atoms with Crippen LogP contribution in [0.1, 0.15) is 11.1 Å². The maximum absolute atomic E-state index is 13.7. The van der Waals surface area contributed by atoms with Gasteiger partial charge in [-0.05, 0) is 102 Å². The van der Waals surface area contributed by atoms with Crippen LogP contribution in [-0.4, -0.2) is 28.1 Å². The molecule has 16 aliphatic heterocycles. The fourth-order valence-corrected chi connectivity index (χ4v) is 8.92. The molecule has 6 aromatic carbocycles. The minimum atomic E-state index is -4.47. The second-order valence-corrected chi connectivity index (χ2v) is 16.4. The Morgan fingerprint density at radius 3 is 1.34 bits per heavy atom. The molecule has 0 amide bonds. The van der Waals surface area contributed by atoms with Crippen molar-refractivity contribution >= 4 is 78.9 Å². The number of hydrogen-bond donors (Lipinski definition) is 2. The van der Waals surface area contributed by atoms with E-state index in [1.165, 1.54) is 36.4 Å². The van der Waals surface area contributed by atoms with Crippen molar-refractivity contribution in [2.75, 3.05) is 10.6 Å². The van der Waals surface area contributed by atoms with Crippen LogP contribution in [0.25, 0.3) is 0 Å². The van der Waals surface area contributed by atoms with E-state index in [2.05, 4.69) is 10.6 Å². The van der Waals surface area contributed by atoms with Gasteiger partial charge in [-0.2, -0.15) is 0 Å². The molecule has 0 unspecified atom stereocenters. The predicted molar refractivity (Wildman–Crippen MR) is 208 cm³/mol. The van der Waals surface area contributed by atoms with E-state index in [1.807, 2.05) is 0 Å². The Morgan fingerprint density at radius 1 is 0.464 bits per heavy atom. The molecule has 0 atom stereocenters. The van der Waals surface area contributed by atoms with Crippen molar-refractivity contribution in [2.45, 2.75) is 35.8 Å². The molecule has 0 spiro atoms. The van der Waals surface area contributed by atoms with E-state index in [4.69, 9.17) is 0 Å². The van der Waals surface area contributed by atoms with Crippen LogP contribution in [0.5, 0.6) is 0 Å². The lowest BCUT2D eigenvalue weighted by Gasteiger charge is -2.12. The summed E-state index contributed by atoms with van der Waals surface area (Å²) in [5.74, 6) is 0. The molecule has 16 heterocycles. The third kappa shape index (κ3) is 7.85. The number of rotatable bonds is 4. The Labute approximate surface area is 325 Å². The Kier molecular flexibility index (Phi) is 10.1. The molecule has 2 N–H and O–H groups in total. The summed E-state index contributed by atoms with van der Waals surface area (Å²) in [4.78, 5) is 46.7. The number of nitro benzene ring substituents is 4. The summed E-state index contributed by atoms with van der Waals surface area (Å²) >= 11 is 2.13. The van der Waals surface area contributed by atoms with E-state index >= 15 is 0 Å². The maximum atomic E-state index is 13.7. The summed E-state index contributed by atoms with van der Waals surface area (Å²) in [6.45, 7) is 0. The highest BCUT2D eigenvalue weighted by Gasteiger charge is 2.27. The van der Waals surface area contributed by atoms with Crippen molar-refractivity contribution in [1.82, 2.24) is 0 Å². The zero-order valence-corrected chi connectivity index (χ0v) is 30.8. The number of nitro groups is 4. The van der Waals surface area contributed by atoms with Crippen LogP contribution >= 0.6 is 23.5 Å². The Balaban J connectivity index is 1.31. The summed E-state index contributed by atoms with van der Waals surface area (Å²) < 4.78 is 27.4. The molecular formula is C37H24N6O10S3. The lowest BCUT2D eigenvalue weighted by atomic mass is 10.0. The van der Waals surface area contributed by atoms with Gasteiger partial charge in [0, 0.05) is 45.4 Å². The summed E-state index contributed by atoms with van der Waals surface area (Å²) in [5.41, 5.74) is 0.584. The number of anilines is 4. The number of nitrogens with zero attached hydrogens (tertiary/aromatic N) is 4. The monoisotopic (exact) mass is 808 g/mol. The van der Waals surface area contributed by atoms with E-state index in [1.54, 1.807) is 66.7 Å². The average molecular weight is 809 g/mol. The molecular weight excluding hydrogens is 785 g/mol. The van der Waals surface area contributed by atoms with Crippen LogP contribution in [0, 0.1) is 40.5 Å². The van der Waals surface area contributed by atoms with E-state index in [0.717, 1.165) is 41.7 Å². The quantitative estimate of drug-likeness (QED) is 0.124. The molecule has 16 aliphatic rings. The topological polar surface area (TPSA) is 231 Å². The molecule has 0 aromatic heterocycles. The molecule has 0 fully saturated rings. The first-order valence-corrected chi connectivity index (χ1v) is 19.3. The van der Waals surface area contributed by atoms with Crippen LogP contribution in [-0.2, 0) is 16.3 Å². The van der Waals surface area contributed by atoms with Crippen LogP contribution < -0.4 is 10.6 Å². The third-order valence-corrected chi connectivity index (χ3v) is 12.4. The van der Waals surface area contributed by atoms with Gasteiger partial charge >= 0.3 is 0 Å². The van der Waals surface area contributed by atoms with Crippen LogP contribution in [0.15, 0.2) is 151 Å². The second-order valence-electron chi connectivity index (χ2n) is 12.2. The zero-order chi connectivity index (χ0) is 39.7. The average Bonchev–Trinajstić information content (AvgIpc) is 3.17. The van der Waals surface area contributed by atoms with Gasteiger partial charge in [0.05, 0.1) is 39.3 Å². The molecule has 22 rings (SSSR count). The van der Waals surface area contributed by atoms with Crippen molar-refractivity contribution in [3.8, 4) is 0 Å². The van der Waals surface area contributed by atoms with Gasteiger partial charge in [-0.25, -0.2) is 8.42 Å². The standard InChI is InChI=1S/C37H24N6O10S3/c44-40(45)32-18-22-1-13-30(32)38-24-3-5-25(6-4-24)39-31-14-11-28(20-33(31)41(46)47)56(52,53)29-12-16-37(35(21-29)43(50)51)55-27-9-7-26(8-10-27)54-36-15-2-23(17-22)19-34(36)42(48)49/h1-16,18-21,38-39H,17H2. The van der Waals surface area contributed by atoms with Crippen molar-refractivity contribution < 1.29 is 28.1 Å². The van der Waals surface area contributed by atoms with Crippen molar-refractivity contribution in [1.29, 1.82) is 0 Å². The summed E-state index contributed by atoms with van der Waals surface area (Å²) in [5, 5.41) is 54.4. The molecule has 16 nitrogen and oxygen atoms in total. The molecule has 0 saturated heterocycles. The van der Waals surface area contributed by atoms with Crippen LogP contribution in [0.2, 0.25) is 0 Å². The SMILES string of the molecule is O=[N+]([O-])c1cc2ccc1Nc1ccc(cc1)Nc1ccc(cc1[N+](=O)[O-])S(=O)(=O)c1ccc(c([N+](=O)[O-])c1)Sc1ccc(cc1)Sc1ccc(cc1[N+](=O)[O-])C2. The first-order valence-electron chi connectivity index (χ1n) is 16.2. The normalized spacial score (nSPS) is 13.2. The first-order chi connectivity index (χ1) is 26.7. The van der Waals surface area contributed by atoms with Crippen molar-refractivity contribution in [3.63, 3.8) is 0 Å². The maximum Gasteiger partial charge on any atom is 0.293 e. The molecule has 280 valence electrons. The van der Waals surface area contributed by atoms with E-state index in [0.29, 0.717) is 37.2 Å². The number of hydrogen-bond acceptors (Lipinski definition) is 14. The van der Waals surface area contributed by atoms with Crippen molar-refractivity contribution in [3.05, 3.63) is 173 Å². The van der Waals surface area contributed by atoms with Gasteiger partial charge < -0.3 is 10.6 Å². The molecule has 0 saturated carbocycles. The zero-order valence-electron chi connectivity index (χ0n) is 28.4. The lowest BCUT2D eigenvalue weighted by Crippen LogP contribution is -2.05. The van der Waals surface area contributed by atoms with Gasteiger partial charge in [0.15, 0.2) is 0 Å². The largest absolute Gasteiger partial charge is 0.350 e. The van der Waals surface area contributed by atoms with Gasteiger partial charge in [-0.1, -0.05) is 35.7 Å². The van der Waals surface area contributed by atoms with Crippen LogP contribution in [0.3, 0.4) is 0 Å². The molecule has 12 bridgehead atoms. The lowest BCUT2D eigenvalue weighted by molar-refractivity contribution is -0.388.